The summed E-state index contributed by atoms with van der Waals surface area (Å²) in [6.07, 6.45) is -0.127. The SMILES string of the molecule is CC(C)Oc1cccc2c1NC(=O)CCS2(=O)=O. The summed E-state index contributed by atoms with van der Waals surface area (Å²) in [5, 5.41) is 2.61. The van der Waals surface area contributed by atoms with Crippen LogP contribution in [0.15, 0.2) is 23.1 Å². The Labute approximate surface area is 106 Å². The van der Waals surface area contributed by atoms with Crippen molar-refractivity contribution in [2.45, 2.75) is 31.3 Å². The van der Waals surface area contributed by atoms with Crippen LogP contribution in [-0.4, -0.2) is 26.2 Å². The van der Waals surface area contributed by atoms with Crippen molar-refractivity contribution in [2.75, 3.05) is 11.1 Å². The number of nitrogens with one attached hydrogen (secondary N) is 1. The molecule has 0 radical (unpaired) electrons. The van der Waals surface area contributed by atoms with Gasteiger partial charge in [-0.2, -0.15) is 0 Å². The summed E-state index contributed by atoms with van der Waals surface area (Å²) in [6, 6.07) is 4.76. The van der Waals surface area contributed by atoms with Crippen molar-refractivity contribution in [2.24, 2.45) is 0 Å². The van der Waals surface area contributed by atoms with Crippen LogP contribution in [0.2, 0.25) is 0 Å². The smallest absolute Gasteiger partial charge is 0.225 e. The summed E-state index contributed by atoms with van der Waals surface area (Å²) < 4.78 is 29.6. The van der Waals surface area contributed by atoms with Gasteiger partial charge < -0.3 is 10.1 Å². The topological polar surface area (TPSA) is 72.5 Å². The van der Waals surface area contributed by atoms with Crippen molar-refractivity contribution < 1.29 is 17.9 Å². The number of fused-ring (bicyclic) bond motifs is 1. The average Bonchev–Trinajstić information content (AvgIpc) is 2.38. The van der Waals surface area contributed by atoms with Crippen LogP contribution in [0.1, 0.15) is 20.3 Å². The highest BCUT2D eigenvalue weighted by atomic mass is 32.2. The molecule has 0 aromatic heterocycles. The van der Waals surface area contributed by atoms with Crippen LogP contribution < -0.4 is 10.1 Å². The lowest BCUT2D eigenvalue weighted by Gasteiger charge is -2.15. The number of hydrogen-bond donors (Lipinski definition) is 1. The number of rotatable bonds is 2. The number of benzene rings is 1. The molecule has 6 heteroatoms. The molecule has 18 heavy (non-hydrogen) atoms. The molecule has 1 aromatic rings. The number of carbonyl (C=O) groups excluding carboxylic acids is 1. The van der Waals surface area contributed by atoms with E-state index in [0.717, 1.165) is 0 Å². The van der Waals surface area contributed by atoms with E-state index in [-0.39, 0.29) is 34.8 Å². The first-order chi connectivity index (χ1) is 8.40. The number of sulfone groups is 1. The zero-order valence-electron chi connectivity index (χ0n) is 10.3. The Morgan fingerprint density at radius 3 is 2.72 bits per heavy atom. The van der Waals surface area contributed by atoms with Gasteiger partial charge in [-0.3, -0.25) is 4.79 Å². The second-order valence-corrected chi connectivity index (χ2v) is 6.49. The molecule has 0 saturated heterocycles. The first kappa shape index (κ1) is 12.9. The molecule has 2 rings (SSSR count). The first-order valence-electron chi connectivity index (χ1n) is 5.72. The number of amides is 1. The van der Waals surface area contributed by atoms with Crippen LogP contribution in [0.3, 0.4) is 0 Å². The van der Waals surface area contributed by atoms with Crippen molar-refractivity contribution in [3.05, 3.63) is 18.2 Å². The standard InChI is InChI=1S/C12H15NO4S/c1-8(2)17-9-4-3-5-10-12(9)13-11(14)6-7-18(10,15)16/h3-5,8H,6-7H2,1-2H3,(H,13,14). The highest BCUT2D eigenvalue weighted by molar-refractivity contribution is 7.91. The second kappa shape index (κ2) is 4.61. The third-order valence-corrected chi connectivity index (χ3v) is 4.30. The Kier molecular flexibility index (Phi) is 3.30. The molecule has 0 aliphatic carbocycles. The fraction of sp³-hybridized carbons (Fsp3) is 0.417. The van der Waals surface area contributed by atoms with Gasteiger partial charge in [0.1, 0.15) is 11.4 Å². The molecule has 0 spiro atoms. The predicted octanol–water partition coefficient (Wildman–Crippen LogP) is 1.59. The predicted molar refractivity (Wildman–Crippen MR) is 67.5 cm³/mol. The van der Waals surface area contributed by atoms with Crippen LogP contribution in [0, 0.1) is 0 Å². The Morgan fingerprint density at radius 2 is 2.06 bits per heavy atom. The third-order valence-electron chi connectivity index (χ3n) is 2.55. The summed E-state index contributed by atoms with van der Waals surface area (Å²) >= 11 is 0. The number of para-hydroxylation sites is 1. The van der Waals surface area contributed by atoms with Crippen LogP contribution in [-0.2, 0) is 14.6 Å². The summed E-state index contributed by atoms with van der Waals surface area (Å²) in [7, 11) is -3.43. The molecule has 0 bridgehead atoms. The number of ether oxygens (including phenoxy) is 1. The van der Waals surface area contributed by atoms with E-state index in [1.807, 2.05) is 13.8 Å². The van der Waals surface area contributed by atoms with Gasteiger partial charge in [0.15, 0.2) is 9.84 Å². The van der Waals surface area contributed by atoms with Gasteiger partial charge in [0, 0.05) is 6.42 Å². The largest absolute Gasteiger partial charge is 0.489 e. The maximum atomic E-state index is 12.0. The maximum absolute atomic E-state index is 12.0. The molecule has 5 nitrogen and oxygen atoms in total. The lowest BCUT2D eigenvalue weighted by Crippen LogP contribution is -2.13. The lowest BCUT2D eigenvalue weighted by atomic mass is 10.2. The second-order valence-electron chi connectivity index (χ2n) is 4.41. The monoisotopic (exact) mass is 269 g/mol. The molecule has 1 amide bonds. The van der Waals surface area contributed by atoms with Crippen molar-refractivity contribution >= 4 is 21.4 Å². The van der Waals surface area contributed by atoms with Crippen molar-refractivity contribution in [3.8, 4) is 5.75 Å². The molecule has 1 aliphatic heterocycles. The van der Waals surface area contributed by atoms with Crippen molar-refractivity contribution in [1.29, 1.82) is 0 Å². The van der Waals surface area contributed by atoms with Gasteiger partial charge in [-0.1, -0.05) is 6.07 Å². The Bertz CT molecular complexity index is 578. The summed E-state index contributed by atoms with van der Waals surface area (Å²) in [5.74, 6) is -0.0878. The van der Waals surface area contributed by atoms with E-state index >= 15 is 0 Å². The maximum Gasteiger partial charge on any atom is 0.225 e. The molecule has 98 valence electrons. The molecule has 1 aromatic carbocycles. The van der Waals surface area contributed by atoms with E-state index in [4.69, 9.17) is 4.74 Å². The number of hydrogen-bond acceptors (Lipinski definition) is 4. The zero-order chi connectivity index (χ0) is 13.3. The minimum atomic E-state index is -3.43. The minimum Gasteiger partial charge on any atom is -0.489 e. The van der Waals surface area contributed by atoms with Crippen LogP contribution in [0.25, 0.3) is 0 Å². The number of anilines is 1. The van der Waals surface area contributed by atoms with Gasteiger partial charge in [0.2, 0.25) is 5.91 Å². The minimum absolute atomic E-state index is 0.0296. The Balaban J connectivity index is 2.59. The van der Waals surface area contributed by atoms with E-state index in [1.54, 1.807) is 12.1 Å². The van der Waals surface area contributed by atoms with Gasteiger partial charge in [-0.05, 0) is 26.0 Å². The van der Waals surface area contributed by atoms with Gasteiger partial charge in [-0.25, -0.2) is 8.42 Å². The quantitative estimate of drug-likeness (QED) is 0.885. The fourth-order valence-electron chi connectivity index (χ4n) is 1.78. The van der Waals surface area contributed by atoms with E-state index < -0.39 is 9.84 Å². The molecule has 1 N–H and O–H groups in total. The summed E-state index contributed by atoms with van der Waals surface area (Å²) in [5.41, 5.74) is 0.258. The first-order valence-corrected chi connectivity index (χ1v) is 7.37. The van der Waals surface area contributed by atoms with Crippen LogP contribution in [0.4, 0.5) is 5.69 Å². The molecule has 1 heterocycles. The molecule has 0 unspecified atom stereocenters. The van der Waals surface area contributed by atoms with Gasteiger partial charge in [-0.15, -0.1) is 0 Å². The third kappa shape index (κ3) is 2.48. The van der Waals surface area contributed by atoms with Crippen LogP contribution in [0.5, 0.6) is 5.75 Å². The van der Waals surface area contributed by atoms with Gasteiger partial charge >= 0.3 is 0 Å². The van der Waals surface area contributed by atoms with E-state index in [0.29, 0.717) is 5.75 Å². The van der Waals surface area contributed by atoms with Crippen LogP contribution >= 0.6 is 0 Å². The van der Waals surface area contributed by atoms with Gasteiger partial charge in [0.05, 0.1) is 16.8 Å². The average molecular weight is 269 g/mol. The summed E-state index contributed by atoms with van der Waals surface area (Å²) in [4.78, 5) is 11.7. The van der Waals surface area contributed by atoms with Crippen molar-refractivity contribution in [3.63, 3.8) is 0 Å². The highest BCUT2D eigenvalue weighted by Gasteiger charge is 2.27. The highest BCUT2D eigenvalue weighted by Crippen LogP contribution is 2.35. The Hall–Kier alpha value is -1.56. The fourth-order valence-corrected chi connectivity index (χ4v) is 3.21. The molecule has 0 fully saturated rings. The normalized spacial score (nSPS) is 17.8. The molecular weight excluding hydrogens is 254 g/mol. The van der Waals surface area contributed by atoms with E-state index in [9.17, 15) is 13.2 Å². The van der Waals surface area contributed by atoms with Gasteiger partial charge in [0.25, 0.3) is 0 Å². The zero-order valence-corrected chi connectivity index (χ0v) is 11.1. The van der Waals surface area contributed by atoms with Crippen molar-refractivity contribution in [1.82, 2.24) is 0 Å². The molecule has 0 atom stereocenters. The summed E-state index contributed by atoms with van der Waals surface area (Å²) in [6.45, 7) is 3.68. The molecular formula is C12H15NO4S. The van der Waals surface area contributed by atoms with E-state index in [2.05, 4.69) is 5.32 Å². The Morgan fingerprint density at radius 1 is 1.33 bits per heavy atom. The van der Waals surface area contributed by atoms with E-state index in [1.165, 1.54) is 6.07 Å². The molecule has 1 aliphatic rings. The molecule has 0 saturated carbocycles. The number of carbonyl (C=O) groups is 1. The lowest BCUT2D eigenvalue weighted by molar-refractivity contribution is -0.115.